The van der Waals surface area contributed by atoms with Gasteiger partial charge in [0.05, 0.1) is 5.69 Å². The molecule has 8 heteroatoms. The van der Waals surface area contributed by atoms with Crippen LogP contribution in [0, 0.1) is 13.8 Å². The number of fused-ring (bicyclic) bond motifs is 1. The molecule has 0 aliphatic carbocycles. The number of nitrogens with zero attached hydrogens (tertiary/aromatic N) is 5. The maximum absolute atomic E-state index is 5.97. The molecule has 0 spiro atoms. The van der Waals surface area contributed by atoms with Gasteiger partial charge < -0.3 is 8.94 Å². The van der Waals surface area contributed by atoms with Crippen LogP contribution >= 0.6 is 11.3 Å². The minimum atomic E-state index is 0.265. The molecular formula is C16H17N5O2S. The van der Waals surface area contributed by atoms with Gasteiger partial charge >= 0.3 is 0 Å². The molecule has 4 aromatic heterocycles. The van der Waals surface area contributed by atoms with E-state index in [0.717, 1.165) is 44.3 Å². The van der Waals surface area contributed by atoms with E-state index in [1.54, 1.807) is 4.52 Å². The first-order chi connectivity index (χ1) is 11.5. The standard InChI is InChI=1S/C16H17N5O2S/c1-8(2)14-17-18-16-21(14)19-15(24-16)13-6-5-11(22-13)7-12-9(3)20-23-10(12)4/h5-6,8H,7H2,1-4H3. The van der Waals surface area contributed by atoms with Crippen molar-refractivity contribution in [3.05, 3.63) is 40.7 Å². The highest BCUT2D eigenvalue weighted by Crippen LogP contribution is 2.29. The van der Waals surface area contributed by atoms with Crippen LogP contribution in [0.1, 0.15) is 48.4 Å². The van der Waals surface area contributed by atoms with Crippen LogP contribution in [0.15, 0.2) is 21.1 Å². The molecule has 0 aliphatic heterocycles. The smallest absolute Gasteiger partial charge is 0.235 e. The zero-order chi connectivity index (χ0) is 16.8. The van der Waals surface area contributed by atoms with E-state index in [-0.39, 0.29) is 5.92 Å². The van der Waals surface area contributed by atoms with Crippen molar-refractivity contribution in [2.75, 3.05) is 0 Å². The van der Waals surface area contributed by atoms with Crippen molar-refractivity contribution in [3.8, 4) is 10.8 Å². The molecule has 0 saturated carbocycles. The van der Waals surface area contributed by atoms with Crippen molar-refractivity contribution < 1.29 is 8.94 Å². The number of hydrogen-bond acceptors (Lipinski definition) is 7. The van der Waals surface area contributed by atoms with Gasteiger partial charge in [-0.15, -0.1) is 15.3 Å². The van der Waals surface area contributed by atoms with Gasteiger partial charge in [0.25, 0.3) is 0 Å². The Morgan fingerprint density at radius 2 is 2.04 bits per heavy atom. The molecule has 4 heterocycles. The maximum atomic E-state index is 5.97. The van der Waals surface area contributed by atoms with Crippen molar-refractivity contribution in [1.82, 2.24) is 25.0 Å². The molecule has 0 bridgehead atoms. The van der Waals surface area contributed by atoms with Gasteiger partial charge in [-0.25, -0.2) is 0 Å². The van der Waals surface area contributed by atoms with E-state index < -0.39 is 0 Å². The van der Waals surface area contributed by atoms with Gasteiger partial charge in [-0.3, -0.25) is 0 Å². The van der Waals surface area contributed by atoms with Gasteiger partial charge in [-0.2, -0.15) is 4.52 Å². The molecule has 4 aromatic rings. The number of aryl methyl sites for hydroxylation is 2. The third-order valence-electron chi connectivity index (χ3n) is 3.94. The first-order valence-corrected chi connectivity index (χ1v) is 8.57. The predicted octanol–water partition coefficient (Wildman–Crippen LogP) is 3.76. The molecule has 0 N–H and O–H groups in total. The molecule has 124 valence electrons. The molecule has 0 unspecified atom stereocenters. The van der Waals surface area contributed by atoms with E-state index >= 15 is 0 Å². The number of rotatable bonds is 4. The summed E-state index contributed by atoms with van der Waals surface area (Å²) >= 11 is 1.47. The molecule has 0 radical (unpaired) electrons. The van der Waals surface area contributed by atoms with Gasteiger partial charge in [0.15, 0.2) is 16.6 Å². The first kappa shape index (κ1) is 15.1. The van der Waals surface area contributed by atoms with Crippen LogP contribution in [-0.2, 0) is 6.42 Å². The fourth-order valence-corrected chi connectivity index (χ4v) is 3.42. The van der Waals surface area contributed by atoms with Gasteiger partial charge in [-0.05, 0) is 26.0 Å². The summed E-state index contributed by atoms with van der Waals surface area (Å²) in [6.07, 6.45) is 0.655. The van der Waals surface area contributed by atoms with Crippen LogP contribution in [0.4, 0.5) is 0 Å². The van der Waals surface area contributed by atoms with Crippen molar-refractivity contribution in [1.29, 1.82) is 0 Å². The van der Waals surface area contributed by atoms with Crippen LogP contribution in [0.2, 0.25) is 0 Å². The Morgan fingerprint density at radius 1 is 1.21 bits per heavy atom. The zero-order valence-electron chi connectivity index (χ0n) is 13.9. The lowest BCUT2D eigenvalue weighted by molar-refractivity contribution is 0.392. The SMILES string of the molecule is Cc1noc(C)c1Cc1ccc(-c2nn3c(C(C)C)nnc3s2)o1. The fraction of sp³-hybridized carbons (Fsp3) is 0.375. The number of furan rings is 1. The Morgan fingerprint density at radius 3 is 2.75 bits per heavy atom. The lowest BCUT2D eigenvalue weighted by atomic mass is 10.1. The van der Waals surface area contributed by atoms with Gasteiger partial charge in [-0.1, -0.05) is 30.3 Å². The summed E-state index contributed by atoms with van der Waals surface area (Å²) in [6.45, 7) is 8.00. The van der Waals surface area contributed by atoms with Crippen LogP contribution in [0.3, 0.4) is 0 Å². The average molecular weight is 343 g/mol. The molecule has 4 rings (SSSR count). The molecule has 0 atom stereocenters. The van der Waals surface area contributed by atoms with Crippen LogP contribution in [0.5, 0.6) is 0 Å². The Balaban J connectivity index is 1.65. The molecule has 0 aromatic carbocycles. The van der Waals surface area contributed by atoms with E-state index in [1.807, 2.05) is 26.0 Å². The molecule has 0 aliphatic rings. The minimum absolute atomic E-state index is 0.265. The van der Waals surface area contributed by atoms with Gasteiger partial charge in [0.2, 0.25) is 4.96 Å². The number of hydrogen-bond donors (Lipinski definition) is 0. The minimum Gasteiger partial charge on any atom is -0.458 e. The van der Waals surface area contributed by atoms with Crippen molar-refractivity contribution in [3.63, 3.8) is 0 Å². The summed E-state index contributed by atoms with van der Waals surface area (Å²) < 4.78 is 13.0. The third-order valence-corrected chi connectivity index (χ3v) is 4.85. The fourth-order valence-electron chi connectivity index (χ4n) is 2.61. The van der Waals surface area contributed by atoms with Crippen LogP contribution in [-0.4, -0.2) is 25.0 Å². The van der Waals surface area contributed by atoms with Crippen molar-refractivity contribution >= 4 is 16.3 Å². The number of aromatic nitrogens is 5. The van der Waals surface area contributed by atoms with Crippen LogP contribution in [0.25, 0.3) is 15.7 Å². The van der Waals surface area contributed by atoms with Crippen molar-refractivity contribution in [2.45, 2.75) is 40.0 Å². The highest BCUT2D eigenvalue weighted by Gasteiger charge is 2.18. The Bertz CT molecular complexity index is 988. The molecule has 7 nitrogen and oxygen atoms in total. The van der Waals surface area contributed by atoms with E-state index in [2.05, 4.69) is 34.3 Å². The van der Waals surface area contributed by atoms with E-state index in [0.29, 0.717) is 6.42 Å². The maximum Gasteiger partial charge on any atom is 0.235 e. The lowest BCUT2D eigenvalue weighted by Crippen LogP contribution is -1.97. The Hall–Kier alpha value is -2.48. The van der Waals surface area contributed by atoms with E-state index in [4.69, 9.17) is 8.94 Å². The van der Waals surface area contributed by atoms with Gasteiger partial charge in [0, 0.05) is 17.9 Å². The first-order valence-electron chi connectivity index (χ1n) is 7.76. The summed E-state index contributed by atoms with van der Waals surface area (Å²) in [4.78, 5) is 0.775. The summed E-state index contributed by atoms with van der Waals surface area (Å²) in [7, 11) is 0. The van der Waals surface area contributed by atoms with Crippen molar-refractivity contribution in [2.24, 2.45) is 0 Å². The third kappa shape index (κ3) is 2.43. The molecule has 24 heavy (non-hydrogen) atoms. The predicted molar refractivity (Wildman–Crippen MR) is 89.2 cm³/mol. The molecule has 0 saturated heterocycles. The summed E-state index contributed by atoms with van der Waals surface area (Å²) in [5.74, 6) is 3.54. The lowest BCUT2D eigenvalue weighted by Gasteiger charge is -1.98. The summed E-state index contributed by atoms with van der Waals surface area (Å²) in [5, 5.41) is 17.7. The summed E-state index contributed by atoms with van der Waals surface area (Å²) in [6, 6.07) is 3.90. The normalized spacial score (nSPS) is 11.9. The molecule has 0 fully saturated rings. The highest BCUT2D eigenvalue weighted by atomic mass is 32.1. The summed E-state index contributed by atoms with van der Waals surface area (Å²) in [5.41, 5.74) is 1.96. The monoisotopic (exact) mass is 343 g/mol. The zero-order valence-corrected chi connectivity index (χ0v) is 14.7. The quantitative estimate of drug-likeness (QED) is 0.561. The second kappa shape index (κ2) is 5.55. The second-order valence-corrected chi connectivity index (χ2v) is 7.02. The molecule has 0 amide bonds. The second-order valence-electron chi connectivity index (χ2n) is 6.06. The average Bonchev–Trinajstić information content (AvgIpc) is 3.26. The molecular weight excluding hydrogens is 326 g/mol. The largest absolute Gasteiger partial charge is 0.458 e. The Kier molecular flexibility index (Phi) is 3.49. The highest BCUT2D eigenvalue weighted by molar-refractivity contribution is 7.19. The Labute approximate surface area is 142 Å². The van der Waals surface area contributed by atoms with E-state index in [9.17, 15) is 0 Å². The van der Waals surface area contributed by atoms with Crippen LogP contribution < -0.4 is 0 Å². The van der Waals surface area contributed by atoms with E-state index in [1.165, 1.54) is 11.3 Å². The topological polar surface area (TPSA) is 82.2 Å². The van der Waals surface area contributed by atoms with Gasteiger partial charge in [0.1, 0.15) is 11.5 Å².